The second kappa shape index (κ2) is 9.86. The number of halogens is 1. The molecule has 0 bridgehead atoms. The molecular weight excluding hydrogens is 417 g/mol. The molecule has 0 fully saturated rings. The molecule has 0 saturated carbocycles. The Balaban J connectivity index is 1.39. The Bertz CT molecular complexity index is 1140. The standard InChI is InChI=1S/C27H28FN3O2/c1-3-30(4-2)24-12-8-20(9-13-24)26(32)29-18-19-5-14-25-22(17-19)15-16-31(25)27(33)21-6-10-23(28)11-7-21/h5-14,17H,3-4,15-16,18H2,1-2H3,(H,29,32). The number of hydrogen-bond donors (Lipinski definition) is 1. The van der Waals surface area contributed by atoms with Gasteiger partial charge in [0.05, 0.1) is 0 Å². The lowest BCUT2D eigenvalue weighted by molar-refractivity contribution is 0.0949. The minimum Gasteiger partial charge on any atom is -0.372 e. The van der Waals surface area contributed by atoms with Gasteiger partial charge in [-0.1, -0.05) is 12.1 Å². The van der Waals surface area contributed by atoms with Crippen LogP contribution in [0.25, 0.3) is 0 Å². The molecule has 0 unspecified atom stereocenters. The fraction of sp³-hybridized carbons (Fsp3) is 0.259. The molecule has 6 heteroatoms. The number of anilines is 2. The quantitative estimate of drug-likeness (QED) is 0.568. The van der Waals surface area contributed by atoms with E-state index in [1.54, 1.807) is 4.90 Å². The number of benzene rings is 3. The number of amides is 2. The summed E-state index contributed by atoms with van der Waals surface area (Å²) in [5.74, 6) is -0.613. The number of carbonyl (C=O) groups is 2. The van der Waals surface area contributed by atoms with Gasteiger partial charge in [0.1, 0.15) is 5.82 Å². The molecule has 0 spiro atoms. The Hall–Kier alpha value is -3.67. The maximum Gasteiger partial charge on any atom is 0.258 e. The number of rotatable bonds is 7. The molecule has 1 aliphatic rings. The van der Waals surface area contributed by atoms with E-state index in [-0.39, 0.29) is 17.6 Å². The van der Waals surface area contributed by atoms with Gasteiger partial charge in [-0.05, 0) is 86.0 Å². The lowest BCUT2D eigenvalue weighted by atomic mass is 10.1. The Morgan fingerprint density at radius 3 is 2.27 bits per heavy atom. The van der Waals surface area contributed by atoms with Crippen LogP contribution in [-0.4, -0.2) is 31.4 Å². The molecule has 1 heterocycles. The highest BCUT2D eigenvalue weighted by atomic mass is 19.1. The number of nitrogens with zero attached hydrogens (tertiary/aromatic N) is 2. The van der Waals surface area contributed by atoms with Gasteiger partial charge in [-0.25, -0.2) is 4.39 Å². The van der Waals surface area contributed by atoms with E-state index in [9.17, 15) is 14.0 Å². The van der Waals surface area contributed by atoms with Crippen LogP contribution < -0.4 is 15.1 Å². The SMILES string of the molecule is CCN(CC)c1ccc(C(=O)NCc2ccc3c(c2)CCN3C(=O)c2ccc(F)cc2)cc1. The summed E-state index contributed by atoms with van der Waals surface area (Å²) < 4.78 is 13.2. The minimum absolute atomic E-state index is 0.116. The van der Waals surface area contributed by atoms with Crippen LogP contribution in [0.1, 0.15) is 45.7 Å². The van der Waals surface area contributed by atoms with E-state index in [1.807, 2.05) is 42.5 Å². The third-order valence-corrected chi connectivity index (χ3v) is 6.09. The zero-order chi connectivity index (χ0) is 23.4. The summed E-state index contributed by atoms with van der Waals surface area (Å²) in [6, 6.07) is 19.2. The van der Waals surface area contributed by atoms with Crippen molar-refractivity contribution in [3.05, 3.63) is 94.8 Å². The van der Waals surface area contributed by atoms with Crippen LogP contribution in [0.2, 0.25) is 0 Å². The molecule has 5 nitrogen and oxygen atoms in total. The first-order chi connectivity index (χ1) is 16.0. The van der Waals surface area contributed by atoms with Crippen molar-refractivity contribution in [1.29, 1.82) is 0 Å². The van der Waals surface area contributed by atoms with Gasteiger partial charge in [0, 0.05) is 48.7 Å². The summed E-state index contributed by atoms with van der Waals surface area (Å²) in [7, 11) is 0. The zero-order valence-corrected chi connectivity index (χ0v) is 19.0. The van der Waals surface area contributed by atoms with E-state index in [2.05, 4.69) is 24.1 Å². The van der Waals surface area contributed by atoms with E-state index in [4.69, 9.17) is 0 Å². The third kappa shape index (κ3) is 4.90. The van der Waals surface area contributed by atoms with Crippen LogP contribution in [0.4, 0.5) is 15.8 Å². The predicted molar refractivity (Wildman–Crippen MR) is 129 cm³/mol. The molecule has 4 rings (SSSR count). The van der Waals surface area contributed by atoms with Gasteiger partial charge in [-0.2, -0.15) is 0 Å². The van der Waals surface area contributed by atoms with Crippen molar-refractivity contribution >= 4 is 23.2 Å². The fourth-order valence-corrected chi connectivity index (χ4v) is 4.22. The van der Waals surface area contributed by atoms with Gasteiger partial charge >= 0.3 is 0 Å². The van der Waals surface area contributed by atoms with Gasteiger partial charge in [0.15, 0.2) is 0 Å². The maximum absolute atomic E-state index is 13.2. The number of fused-ring (bicyclic) bond motifs is 1. The predicted octanol–water partition coefficient (Wildman–Crippen LogP) is 4.80. The average molecular weight is 446 g/mol. The first-order valence-corrected chi connectivity index (χ1v) is 11.3. The van der Waals surface area contributed by atoms with Crippen molar-refractivity contribution in [2.24, 2.45) is 0 Å². The van der Waals surface area contributed by atoms with E-state index in [0.717, 1.165) is 42.0 Å². The smallest absolute Gasteiger partial charge is 0.258 e. The molecule has 0 radical (unpaired) electrons. The number of hydrogen-bond acceptors (Lipinski definition) is 3. The number of carbonyl (C=O) groups excluding carboxylic acids is 2. The Morgan fingerprint density at radius 1 is 0.939 bits per heavy atom. The van der Waals surface area contributed by atoms with Crippen LogP contribution in [0.3, 0.4) is 0 Å². The van der Waals surface area contributed by atoms with Crippen LogP contribution in [-0.2, 0) is 13.0 Å². The summed E-state index contributed by atoms with van der Waals surface area (Å²) in [6.45, 7) is 7.06. The molecular formula is C27H28FN3O2. The van der Waals surface area contributed by atoms with Crippen LogP contribution >= 0.6 is 0 Å². The normalized spacial score (nSPS) is 12.4. The molecule has 1 N–H and O–H groups in total. The maximum atomic E-state index is 13.2. The largest absolute Gasteiger partial charge is 0.372 e. The topological polar surface area (TPSA) is 52.7 Å². The highest BCUT2D eigenvalue weighted by Crippen LogP contribution is 2.30. The van der Waals surface area contributed by atoms with Gasteiger partial charge in [-0.15, -0.1) is 0 Å². The monoisotopic (exact) mass is 445 g/mol. The molecule has 3 aromatic carbocycles. The van der Waals surface area contributed by atoms with Gasteiger partial charge in [0.25, 0.3) is 11.8 Å². The summed E-state index contributed by atoms with van der Waals surface area (Å²) in [5.41, 5.74) is 5.12. The highest BCUT2D eigenvalue weighted by Gasteiger charge is 2.25. The van der Waals surface area contributed by atoms with Crippen molar-refractivity contribution < 1.29 is 14.0 Å². The lowest BCUT2D eigenvalue weighted by Gasteiger charge is -2.21. The van der Waals surface area contributed by atoms with E-state index >= 15 is 0 Å². The van der Waals surface area contributed by atoms with E-state index < -0.39 is 0 Å². The van der Waals surface area contributed by atoms with E-state index in [1.165, 1.54) is 24.3 Å². The van der Waals surface area contributed by atoms with Gasteiger partial charge in [0.2, 0.25) is 0 Å². The summed E-state index contributed by atoms with van der Waals surface area (Å²) in [4.78, 5) is 29.4. The molecule has 0 saturated heterocycles. The lowest BCUT2D eigenvalue weighted by Crippen LogP contribution is -2.28. The molecule has 33 heavy (non-hydrogen) atoms. The zero-order valence-electron chi connectivity index (χ0n) is 19.0. The first-order valence-electron chi connectivity index (χ1n) is 11.3. The molecule has 1 aliphatic heterocycles. The summed E-state index contributed by atoms with van der Waals surface area (Å²) in [6.07, 6.45) is 0.747. The van der Waals surface area contributed by atoms with Crippen LogP contribution in [0.5, 0.6) is 0 Å². The van der Waals surface area contributed by atoms with Gasteiger partial charge < -0.3 is 15.1 Å². The van der Waals surface area contributed by atoms with Crippen molar-refractivity contribution in [1.82, 2.24) is 5.32 Å². The first kappa shape index (κ1) is 22.5. The minimum atomic E-state index is -0.361. The summed E-state index contributed by atoms with van der Waals surface area (Å²) in [5, 5.41) is 2.98. The second-order valence-corrected chi connectivity index (χ2v) is 8.08. The molecule has 0 aliphatic carbocycles. The Morgan fingerprint density at radius 2 is 1.61 bits per heavy atom. The van der Waals surface area contributed by atoms with Crippen molar-refractivity contribution in [2.75, 3.05) is 29.4 Å². The van der Waals surface area contributed by atoms with Crippen molar-refractivity contribution in [3.8, 4) is 0 Å². The van der Waals surface area contributed by atoms with Crippen LogP contribution in [0.15, 0.2) is 66.7 Å². The molecule has 3 aromatic rings. The van der Waals surface area contributed by atoms with Gasteiger partial charge in [-0.3, -0.25) is 9.59 Å². The van der Waals surface area contributed by atoms with E-state index in [0.29, 0.717) is 24.2 Å². The molecule has 0 atom stereocenters. The highest BCUT2D eigenvalue weighted by molar-refractivity contribution is 6.07. The number of nitrogens with one attached hydrogen (secondary N) is 1. The van der Waals surface area contributed by atoms with Crippen molar-refractivity contribution in [2.45, 2.75) is 26.8 Å². The van der Waals surface area contributed by atoms with Crippen molar-refractivity contribution in [3.63, 3.8) is 0 Å². The fourth-order valence-electron chi connectivity index (χ4n) is 4.22. The second-order valence-electron chi connectivity index (χ2n) is 8.08. The van der Waals surface area contributed by atoms with Crippen LogP contribution in [0, 0.1) is 5.82 Å². The average Bonchev–Trinajstić information content (AvgIpc) is 3.27. The molecule has 2 amide bonds. The Labute approximate surface area is 193 Å². The molecule has 170 valence electrons. The summed E-state index contributed by atoms with van der Waals surface area (Å²) >= 11 is 0. The molecule has 0 aromatic heterocycles. The Kier molecular flexibility index (Phi) is 6.73. The third-order valence-electron chi connectivity index (χ3n) is 6.09.